The van der Waals surface area contributed by atoms with E-state index in [0.717, 1.165) is 0 Å². The third-order valence-corrected chi connectivity index (χ3v) is 2.91. The van der Waals surface area contributed by atoms with Gasteiger partial charge in [0.2, 0.25) is 5.89 Å². The standard InChI is InChI=1S/C15H10FNO3/c1-19-15(18)9-6-7-13-12(8-9)17-14(20-13)10-4-2-3-5-11(10)16/h2-8H,1H3. The molecule has 0 N–H and O–H groups in total. The second-order valence-corrected chi connectivity index (χ2v) is 4.17. The van der Waals surface area contributed by atoms with Gasteiger partial charge >= 0.3 is 5.97 Å². The highest BCUT2D eigenvalue weighted by atomic mass is 19.1. The van der Waals surface area contributed by atoms with E-state index in [1.807, 2.05) is 0 Å². The summed E-state index contributed by atoms with van der Waals surface area (Å²) in [6.45, 7) is 0. The molecule has 20 heavy (non-hydrogen) atoms. The smallest absolute Gasteiger partial charge is 0.337 e. The minimum absolute atomic E-state index is 0.181. The monoisotopic (exact) mass is 271 g/mol. The summed E-state index contributed by atoms with van der Waals surface area (Å²) in [4.78, 5) is 15.7. The molecular formula is C15H10FNO3. The molecule has 0 spiro atoms. The topological polar surface area (TPSA) is 52.3 Å². The largest absolute Gasteiger partial charge is 0.465 e. The molecule has 0 saturated carbocycles. The summed E-state index contributed by atoms with van der Waals surface area (Å²) in [6.07, 6.45) is 0. The highest BCUT2D eigenvalue weighted by molar-refractivity contribution is 5.93. The number of halogens is 1. The van der Waals surface area contributed by atoms with Crippen molar-refractivity contribution < 1.29 is 18.3 Å². The van der Waals surface area contributed by atoms with Gasteiger partial charge in [0.25, 0.3) is 0 Å². The average molecular weight is 271 g/mol. The molecule has 4 nitrogen and oxygen atoms in total. The van der Waals surface area contributed by atoms with Crippen LogP contribution in [0.3, 0.4) is 0 Å². The van der Waals surface area contributed by atoms with E-state index in [2.05, 4.69) is 9.72 Å². The first-order chi connectivity index (χ1) is 9.69. The van der Waals surface area contributed by atoms with Crippen LogP contribution >= 0.6 is 0 Å². The van der Waals surface area contributed by atoms with E-state index < -0.39 is 11.8 Å². The van der Waals surface area contributed by atoms with Crippen molar-refractivity contribution >= 4 is 17.1 Å². The Morgan fingerprint density at radius 1 is 1.25 bits per heavy atom. The van der Waals surface area contributed by atoms with Crippen LogP contribution in [0.5, 0.6) is 0 Å². The molecule has 1 heterocycles. The Morgan fingerprint density at radius 2 is 2.05 bits per heavy atom. The number of ether oxygens (including phenoxy) is 1. The van der Waals surface area contributed by atoms with Crippen LogP contribution in [0.2, 0.25) is 0 Å². The molecule has 0 atom stereocenters. The molecule has 0 aliphatic carbocycles. The quantitative estimate of drug-likeness (QED) is 0.670. The summed E-state index contributed by atoms with van der Waals surface area (Å²) in [5.74, 6) is -0.685. The summed E-state index contributed by atoms with van der Waals surface area (Å²) < 4.78 is 23.8. The minimum atomic E-state index is -0.456. The number of aromatic nitrogens is 1. The first-order valence-electron chi connectivity index (χ1n) is 5.93. The number of hydrogen-bond acceptors (Lipinski definition) is 4. The normalized spacial score (nSPS) is 10.7. The van der Waals surface area contributed by atoms with Crippen LogP contribution in [0.4, 0.5) is 4.39 Å². The molecule has 3 rings (SSSR count). The zero-order chi connectivity index (χ0) is 14.1. The summed E-state index contributed by atoms with van der Waals surface area (Å²) >= 11 is 0. The van der Waals surface area contributed by atoms with Crippen molar-refractivity contribution in [1.82, 2.24) is 4.98 Å². The fourth-order valence-electron chi connectivity index (χ4n) is 1.92. The summed E-state index contributed by atoms with van der Waals surface area (Å²) in [6, 6.07) is 11.0. The van der Waals surface area contributed by atoms with Crippen molar-refractivity contribution in [1.29, 1.82) is 0 Å². The molecule has 5 heteroatoms. The molecule has 0 amide bonds. The third kappa shape index (κ3) is 2.03. The van der Waals surface area contributed by atoms with Crippen molar-refractivity contribution in [3.8, 4) is 11.5 Å². The van der Waals surface area contributed by atoms with Gasteiger partial charge in [0, 0.05) is 0 Å². The Morgan fingerprint density at radius 3 is 2.80 bits per heavy atom. The molecule has 3 aromatic rings. The summed E-state index contributed by atoms with van der Waals surface area (Å²) in [5.41, 5.74) is 1.61. The Kier molecular flexibility index (Phi) is 2.95. The van der Waals surface area contributed by atoms with Gasteiger partial charge in [-0.1, -0.05) is 12.1 Å². The molecule has 1 aromatic heterocycles. The zero-order valence-electron chi connectivity index (χ0n) is 10.6. The molecule has 0 bridgehead atoms. The maximum absolute atomic E-state index is 13.7. The van der Waals surface area contributed by atoms with Crippen LogP contribution in [0.25, 0.3) is 22.6 Å². The van der Waals surface area contributed by atoms with Gasteiger partial charge in [0.05, 0.1) is 18.2 Å². The van der Waals surface area contributed by atoms with Crippen molar-refractivity contribution in [3.63, 3.8) is 0 Å². The van der Waals surface area contributed by atoms with Gasteiger partial charge in [-0.2, -0.15) is 0 Å². The van der Waals surface area contributed by atoms with E-state index >= 15 is 0 Å². The first kappa shape index (κ1) is 12.3. The lowest BCUT2D eigenvalue weighted by Crippen LogP contribution is -2.00. The predicted molar refractivity (Wildman–Crippen MR) is 70.7 cm³/mol. The number of hydrogen-bond donors (Lipinski definition) is 0. The molecule has 0 radical (unpaired) electrons. The van der Waals surface area contributed by atoms with E-state index in [-0.39, 0.29) is 11.5 Å². The maximum Gasteiger partial charge on any atom is 0.337 e. The maximum atomic E-state index is 13.7. The second kappa shape index (κ2) is 4.77. The highest BCUT2D eigenvalue weighted by Crippen LogP contribution is 2.26. The van der Waals surface area contributed by atoms with Crippen molar-refractivity contribution in [3.05, 3.63) is 53.8 Å². The van der Waals surface area contributed by atoms with E-state index in [1.54, 1.807) is 36.4 Å². The van der Waals surface area contributed by atoms with Crippen molar-refractivity contribution in [2.45, 2.75) is 0 Å². The van der Waals surface area contributed by atoms with Gasteiger partial charge in [-0.15, -0.1) is 0 Å². The Labute approximate surface area is 113 Å². The lowest BCUT2D eigenvalue weighted by Gasteiger charge is -1.96. The number of fused-ring (bicyclic) bond motifs is 1. The minimum Gasteiger partial charge on any atom is -0.465 e. The number of nitrogens with zero attached hydrogens (tertiary/aromatic N) is 1. The van der Waals surface area contributed by atoms with Crippen molar-refractivity contribution in [2.24, 2.45) is 0 Å². The molecule has 0 fully saturated rings. The SMILES string of the molecule is COC(=O)c1ccc2oc(-c3ccccc3F)nc2c1. The first-order valence-corrected chi connectivity index (χ1v) is 5.93. The second-order valence-electron chi connectivity index (χ2n) is 4.17. The number of carbonyl (C=O) groups is 1. The molecule has 0 aliphatic rings. The lowest BCUT2D eigenvalue weighted by atomic mass is 10.2. The Balaban J connectivity index is 2.12. The number of esters is 1. The third-order valence-electron chi connectivity index (χ3n) is 2.91. The molecule has 0 aliphatic heterocycles. The number of benzene rings is 2. The van der Waals surface area contributed by atoms with Crippen LogP contribution in [0, 0.1) is 5.82 Å². The van der Waals surface area contributed by atoms with Crippen molar-refractivity contribution in [2.75, 3.05) is 7.11 Å². The number of rotatable bonds is 2. The van der Waals surface area contributed by atoms with E-state index in [1.165, 1.54) is 13.2 Å². The van der Waals surface area contributed by atoms with Gasteiger partial charge in [-0.05, 0) is 30.3 Å². The van der Waals surface area contributed by atoms with Gasteiger partial charge in [-0.25, -0.2) is 14.2 Å². The molecule has 0 saturated heterocycles. The van der Waals surface area contributed by atoms with Crippen LogP contribution in [0.1, 0.15) is 10.4 Å². The summed E-state index contributed by atoms with van der Waals surface area (Å²) in [7, 11) is 1.31. The highest BCUT2D eigenvalue weighted by Gasteiger charge is 2.14. The van der Waals surface area contributed by atoms with E-state index in [9.17, 15) is 9.18 Å². The Hall–Kier alpha value is -2.69. The van der Waals surface area contributed by atoms with Crippen LogP contribution in [0.15, 0.2) is 46.9 Å². The number of carbonyl (C=O) groups excluding carboxylic acids is 1. The van der Waals surface area contributed by atoms with Crippen LogP contribution in [-0.2, 0) is 4.74 Å². The zero-order valence-corrected chi connectivity index (χ0v) is 10.6. The molecular weight excluding hydrogens is 261 g/mol. The molecule has 100 valence electrons. The van der Waals surface area contributed by atoms with E-state index in [0.29, 0.717) is 16.7 Å². The average Bonchev–Trinajstić information content (AvgIpc) is 2.89. The number of oxazole rings is 1. The summed E-state index contributed by atoms with van der Waals surface area (Å²) in [5, 5.41) is 0. The predicted octanol–water partition coefficient (Wildman–Crippen LogP) is 3.42. The van der Waals surface area contributed by atoms with Gasteiger partial charge < -0.3 is 9.15 Å². The molecule has 2 aromatic carbocycles. The van der Waals surface area contributed by atoms with Gasteiger partial charge in [0.1, 0.15) is 11.3 Å². The van der Waals surface area contributed by atoms with Gasteiger partial charge in [-0.3, -0.25) is 0 Å². The van der Waals surface area contributed by atoms with Gasteiger partial charge in [0.15, 0.2) is 5.58 Å². The van der Waals surface area contributed by atoms with Crippen LogP contribution < -0.4 is 0 Å². The Bertz CT molecular complexity index is 795. The fraction of sp³-hybridized carbons (Fsp3) is 0.0667. The number of methoxy groups -OCH3 is 1. The van der Waals surface area contributed by atoms with Crippen LogP contribution in [-0.4, -0.2) is 18.1 Å². The lowest BCUT2D eigenvalue weighted by molar-refractivity contribution is 0.0601. The fourth-order valence-corrected chi connectivity index (χ4v) is 1.92. The van der Waals surface area contributed by atoms with E-state index in [4.69, 9.17) is 4.42 Å². The molecule has 0 unspecified atom stereocenters.